The molecule has 2 N–H and O–H groups in total. The molecule has 22 heavy (non-hydrogen) atoms. The molecule has 1 amide bonds. The Morgan fingerprint density at radius 3 is 3.09 bits per heavy atom. The second-order valence-corrected chi connectivity index (χ2v) is 5.06. The minimum absolute atomic E-state index is 0.126. The zero-order valence-corrected chi connectivity index (χ0v) is 12.2. The van der Waals surface area contributed by atoms with Gasteiger partial charge in [-0.1, -0.05) is 19.1 Å². The summed E-state index contributed by atoms with van der Waals surface area (Å²) >= 11 is 0. The van der Waals surface area contributed by atoms with Crippen molar-refractivity contribution in [1.82, 2.24) is 15.0 Å². The highest BCUT2D eigenvalue weighted by molar-refractivity contribution is 5.92. The molecular formula is C17H16N4O. The minimum atomic E-state index is -0.261. The summed E-state index contributed by atoms with van der Waals surface area (Å²) in [6, 6.07) is 9.49. The van der Waals surface area contributed by atoms with Crippen LogP contribution in [0.25, 0.3) is 22.3 Å². The molecular weight excluding hydrogens is 276 g/mol. The fourth-order valence-corrected chi connectivity index (χ4v) is 2.09. The number of carbonyl (C=O) groups excluding carboxylic acids is 1. The quantitative estimate of drug-likeness (QED) is 0.724. The summed E-state index contributed by atoms with van der Waals surface area (Å²) in [4.78, 5) is 23.8. The minimum Gasteiger partial charge on any atom is -0.346 e. The zero-order chi connectivity index (χ0) is 15.5. The van der Waals surface area contributed by atoms with Gasteiger partial charge in [-0.05, 0) is 24.3 Å². The fraction of sp³-hybridized carbons (Fsp3) is 0.118. The van der Waals surface area contributed by atoms with Crippen LogP contribution in [0.2, 0.25) is 0 Å². The first-order chi connectivity index (χ1) is 10.7. The molecule has 0 aliphatic rings. The van der Waals surface area contributed by atoms with Crippen molar-refractivity contribution < 1.29 is 4.79 Å². The number of nitrogens with zero attached hydrogens (tertiary/aromatic N) is 2. The lowest BCUT2D eigenvalue weighted by molar-refractivity contribution is -0.118. The zero-order valence-electron chi connectivity index (χ0n) is 12.2. The monoisotopic (exact) mass is 292 g/mol. The van der Waals surface area contributed by atoms with E-state index in [1.54, 1.807) is 25.3 Å². The fourth-order valence-electron chi connectivity index (χ4n) is 2.09. The van der Waals surface area contributed by atoms with Gasteiger partial charge in [-0.25, -0.2) is 9.97 Å². The molecule has 0 aliphatic heterocycles. The van der Waals surface area contributed by atoms with Gasteiger partial charge >= 0.3 is 0 Å². The first-order valence-electron chi connectivity index (χ1n) is 7.01. The molecule has 1 atom stereocenters. The Bertz CT molecular complexity index is 837. The molecule has 0 spiro atoms. The van der Waals surface area contributed by atoms with Gasteiger partial charge in [0.05, 0.1) is 11.6 Å². The van der Waals surface area contributed by atoms with Gasteiger partial charge in [0, 0.05) is 23.3 Å². The number of rotatable bonds is 4. The maximum atomic E-state index is 11.9. The molecule has 0 bridgehead atoms. The third-order valence-corrected chi connectivity index (χ3v) is 3.46. The van der Waals surface area contributed by atoms with E-state index in [9.17, 15) is 4.79 Å². The molecule has 0 aliphatic carbocycles. The van der Waals surface area contributed by atoms with Crippen molar-refractivity contribution in [3.8, 4) is 11.3 Å². The Morgan fingerprint density at radius 1 is 1.41 bits per heavy atom. The van der Waals surface area contributed by atoms with Crippen LogP contribution >= 0.6 is 0 Å². The number of pyridine rings is 2. The molecule has 0 fully saturated rings. The molecule has 0 aromatic carbocycles. The Morgan fingerprint density at radius 2 is 2.27 bits per heavy atom. The number of nitrogens with one attached hydrogen (secondary N) is 2. The number of hydrogen-bond acceptors (Lipinski definition) is 3. The maximum absolute atomic E-state index is 11.9. The van der Waals surface area contributed by atoms with Gasteiger partial charge in [-0.2, -0.15) is 0 Å². The predicted molar refractivity (Wildman–Crippen MR) is 87.3 cm³/mol. The van der Waals surface area contributed by atoms with E-state index >= 15 is 0 Å². The number of H-pyrrole nitrogens is 1. The molecule has 5 heteroatoms. The van der Waals surface area contributed by atoms with Crippen LogP contribution in [0.5, 0.6) is 0 Å². The standard InChI is InChI=1S/C17H16N4O/c1-3-11(2)17(22)21-15-6-4-5-14(20-15)13-9-12-7-8-18-16(12)19-10-13/h3-11H,1H2,2H3,(H,18,19)(H,20,21,22). The topological polar surface area (TPSA) is 70.7 Å². The molecule has 0 radical (unpaired) electrons. The number of hydrogen-bond donors (Lipinski definition) is 2. The molecule has 0 saturated carbocycles. The van der Waals surface area contributed by atoms with Gasteiger partial charge in [-0.3, -0.25) is 4.79 Å². The van der Waals surface area contributed by atoms with Crippen molar-refractivity contribution >= 4 is 22.8 Å². The number of aromatic nitrogens is 3. The lowest BCUT2D eigenvalue weighted by atomic mass is 10.1. The van der Waals surface area contributed by atoms with E-state index < -0.39 is 0 Å². The predicted octanol–water partition coefficient (Wildman–Crippen LogP) is 3.39. The molecule has 110 valence electrons. The van der Waals surface area contributed by atoms with E-state index in [0.29, 0.717) is 5.82 Å². The van der Waals surface area contributed by atoms with Gasteiger partial charge in [0.25, 0.3) is 0 Å². The van der Waals surface area contributed by atoms with Gasteiger partial charge in [0.1, 0.15) is 11.5 Å². The third-order valence-electron chi connectivity index (χ3n) is 3.46. The van der Waals surface area contributed by atoms with Crippen LogP contribution in [-0.2, 0) is 4.79 Å². The first-order valence-corrected chi connectivity index (χ1v) is 7.01. The van der Waals surface area contributed by atoms with Crippen LogP contribution in [0.4, 0.5) is 5.82 Å². The average Bonchev–Trinajstić information content (AvgIpc) is 3.01. The highest BCUT2D eigenvalue weighted by Gasteiger charge is 2.10. The number of carbonyl (C=O) groups is 1. The van der Waals surface area contributed by atoms with E-state index in [1.165, 1.54) is 0 Å². The van der Waals surface area contributed by atoms with Gasteiger partial charge in [-0.15, -0.1) is 6.58 Å². The number of amides is 1. The van der Waals surface area contributed by atoms with Crippen molar-refractivity contribution in [3.05, 3.63) is 55.4 Å². The third kappa shape index (κ3) is 2.74. The summed E-state index contributed by atoms with van der Waals surface area (Å²) in [5.41, 5.74) is 2.51. The summed E-state index contributed by atoms with van der Waals surface area (Å²) in [5.74, 6) is 0.132. The summed E-state index contributed by atoms with van der Waals surface area (Å²) in [5, 5.41) is 3.81. The molecule has 5 nitrogen and oxygen atoms in total. The van der Waals surface area contributed by atoms with E-state index in [2.05, 4.69) is 26.8 Å². The summed E-state index contributed by atoms with van der Waals surface area (Å²) in [6.45, 7) is 5.41. The van der Waals surface area contributed by atoms with Crippen molar-refractivity contribution in [1.29, 1.82) is 0 Å². The lowest BCUT2D eigenvalue weighted by Crippen LogP contribution is -2.19. The molecule has 0 saturated heterocycles. The van der Waals surface area contributed by atoms with E-state index in [0.717, 1.165) is 22.3 Å². The van der Waals surface area contributed by atoms with Crippen LogP contribution in [0.15, 0.2) is 55.4 Å². The summed E-state index contributed by atoms with van der Waals surface area (Å²) in [6.07, 6.45) is 5.21. The van der Waals surface area contributed by atoms with Gasteiger partial charge < -0.3 is 10.3 Å². The Balaban J connectivity index is 1.90. The lowest BCUT2D eigenvalue weighted by Gasteiger charge is -2.09. The van der Waals surface area contributed by atoms with Gasteiger partial charge in [0.15, 0.2) is 0 Å². The van der Waals surface area contributed by atoms with Crippen molar-refractivity contribution in [2.24, 2.45) is 5.92 Å². The number of fused-ring (bicyclic) bond motifs is 1. The Labute approximate surface area is 128 Å². The molecule has 3 aromatic rings. The molecule has 3 heterocycles. The van der Waals surface area contributed by atoms with E-state index in [1.807, 2.05) is 30.5 Å². The first kappa shape index (κ1) is 14.0. The van der Waals surface area contributed by atoms with Crippen LogP contribution in [0.3, 0.4) is 0 Å². The highest BCUT2D eigenvalue weighted by Crippen LogP contribution is 2.22. The maximum Gasteiger partial charge on any atom is 0.232 e. The van der Waals surface area contributed by atoms with Crippen molar-refractivity contribution in [2.45, 2.75) is 6.92 Å². The second-order valence-electron chi connectivity index (χ2n) is 5.06. The molecule has 3 rings (SSSR count). The van der Waals surface area contributed by atoms with Crippen LogP contribution < -0.4 is 5.32 Å². The molecule has 1 unspecified atom stereocenters. The SMILES string of the molecule is C=CC(C)C(=O)Nc1cccc(-c2cnc3[nH]ccc3c2)n1. The second kappa shape index (κ2) is 5.81. The van der Waals surface area contributed by atoms with Crippen LogP contribution in [0.1, 0.15) is 6.92 Å². The van der Waals surface area contributed by atoms with Crippen LogP contribution in [0, 0.1) is 5.92 Å². The highest BCUT2D eigenvalue weighted by atomic mass is 16.1. The Kier molecular flexibility index (Phi) is 3.70. The molecule has 3 aromatic heterocycles. The van der Waals surface area contributed by atoms with Gasteiger partial charge in [0.2, 0.25) is 5.91 Å². The van der Waals surface area contributed by atoms with Crippen molar-refractivity contribution in [2.75, 3.05) is 5.32 Å². The summed E-state index contributed by atoms with van der Waals surface area (Å²) in [7, 11) is 0. The number of aromatic amines is 1. The normalized spacial score (nSPS) is 12.0. The van der Waals surface area contributed by atoms with Crippen LogP contribution in [-0.4, -0.2) is 20.9 Å². The van der Waals surface area contributed by atoms with Crippen molar-refractivity contribution in [3.63, 3.8) is 0 Å². The largest absolute Gasteiger partial charge is 0.346 e. The Hall–Kier alpha value is -2.95. The van der Waals surface area contributed by atoms with E-state index in [4.69, 9.17) is 0 Å². The summed E-state index contributed by atoms with van der Waals surface area (Å²) < 4.78 is 0. The van der Waals surface area contributed by atoms with E-state index in [-0.39, 0.29) is 11.8 Å². The smallest absolute Gasteiger partial charge is 0.232 e. The average molecular weight is 292 g/mol. The number of anilines is 1.